The molecule has 3 aliphatic heterocycles. The molecule has 4 fully saturated rings. The zero-order valence-electron chi connectivity index (χ0n) is 30.9. The third kappa shape index (κ3) is 6.43. The molecule has 2 aromatic carbocycles. The van der Waals surface area contributed by atoms with Gasteiger partial charge in [-0.25, -0.2) is 17.6 Å². The first-order valence-electron chi connectivity index (χ1n) is 18.6. The van der Waals surface area contributed by atoms with E-state index in [0.29, 0.717) is 42.9 Å². The summed E-state index contributed by atoms with van der Waals surface area (Å²) in [7, 11) is 0. The van der Waals surface area contributed by atoms with Crippen LogP contribution in [0.15, 0.2) is 18.2 Å². The van der Waals surface area contributed by atoms with E-state index in [1.54, 1.807) is 19.9 Å². The van der Waals surface area contributed by atoms with E-state index in [0.717, 1.165) is 6.07 Å². The molecular formula is C38H35F10N7O2S. The maximum absolute atomic E-state index is 15.7. The molecule has 1 unspecified atom stereocenters. The lowest BCUT2D eigenvalue weighted by Gasteiger charge is -2.35. The van der Waals surface area contributed by atoms with Crippen LogP contribution < -0.4 is 15.4 Å². The van der Waals surface area contributed by atoms with Crippen LogP contribution >= 0.6 is 11.3 Å². The quantitative estimate of drug-likeness (QED) is 0.176. The van der Waals surface area contributed by atoms with Crippen molar-refractivity contribution in [3.63, 3.8) is 0 Å². The number of nitrogen functional groups attached to an aromatic ring is 1. The average Bonchev–Trinajstić information content (AvgIpc) is 3.54. The lowest BCUT2D eigenvalue weighted by atomic mass is 9.88. The highest BCUT2D eigenvalue weighted by Gasteiger charge is 2.63. The predicted octanol–water partition coefficient (Wildman–Crippen LogP) is 8.57. The van der Waals surface area contributed by atoms with Crippen LogP contribution in [0.1, 0.15) is 62.6 Å². The molecule has 9 nitrogen and oxygen atoms in total. The molecule has 0 radical (unpaired) electrons. The van der Waals surface area contributed by atoms with Gasteiger partial charge in [0.25, 0.3) is 5.92 Å². The molecule has 3 saturated heterocycles. The number of carbonyl (C=O) groups excluding carboxylic acids is 1. The van der Waals surface area contributed by atoms with E-state index < -0.39 is 127 Å². The molecule has 1 saturated carbocycles. The third-order valence-electron chi connectivity index (χ3n) is 12.1. The van der Waals surface area contributed by atoms with E-state index in [1.165, 1.54) is 9.80 Å². The van der Waals surface area contributed by atoms with Crippen LogP contribution in [0.3, 0.4) is 0 Å². The summed E-state index contributed by atoms with van der Waals surface area (Å²) in [6, 6.07) is 1.27. The van der Waals surface area contributed by atoms with Crippen molar-refractivity contribution in [2.75, 3.05) is 43.4 Å². The van der Waals surface area contributed by atoms with Crippen molar-refractivity contribution >= 4 is 49.1 Å². The summed E-state index contributed by atoms with van der Waals surface area (Å²) < 4.78 is 157. The maximum atomic E-state index is 15.7. The van der Waals surface area contributed by atoms with E-state index in [9.17, 15) is 23.2 Å². The second kappa shape index (κ2) is 13.7. The van der Waals surface area contributed by atoms with Gasteiger partial charge in [-0.05, 0) is 57.4 Å². The molecule has 20 heteroatoms. The molecule has 58 heavy (non-hydrogen) atoms. The number of anilines is 2. The van der Waals surface area contributed by atoms with Crippen molar-refractivity contribution in [1.29, 1.82) is 5.26 Å². The second-order valence-electron chi connectivity index (χ2n) is 15.4. The number of hydrogen-bond acceptors (Lipinski definition) is 9. The number of aromatic nitrogens is 2. The fraction of sp³-hybridized carbons (Fsp3) is 0.526. The van der Waals surface area contributed by atoms with Crippen LogP contribution in [0.2, 0.25) is 0 Å². The number of amides is 1. The number of thiophene rings is 1. The van der Waals surface area contributed by atoms with Gasteiger partial charge in [0.15, 0.2) is 0 Å². The van der Waals surface area contributed by atoms with Crippen molar-refractivity contribution in [2.45, 2.75) is 88.0 Å². The minimum atomic E-state index is -5.59. The fourth-order valence-corrected chi connectivity index (χ4v) is 10.3. The van der Waals surface area contributed by atoms with E-state index in [4.69, 9.17) is 10.5 Å². The molecule has 8 rings (SSSR count). The first-order chi connectivity index (χ1) is 27.2. The molecule has 310 valence electrons. The van der Waals surface area contributed by atoms with Gasteiger partial charge in [0, 0.05) is 54.9 Å². The number of rotatable bonds is 8. The molecule has 0 bridgehead atoms. The van der Waals surface area contributed by atoms with Crippen LogP contribution in [0.25, 0.3) is 32.1 Å². The number of benzene rings is 2. The maximum Gasteiger partial charge on any atom is 0.419 e. The van der Waals surface area contributed by atoms with Crippen molar-refractivity contribution in [1.82, 2.24) is 19.8 Å². The second-order valence-corrected chi connectivity index (χ2v) is 16.5. The molecule has 1 amide bonds. The molecule has 2 N–H and O–H groups in total. The van der Waals surface area contributed by atoms with Crippen LogP contribution in [-0.2, 0) is 17.1 Å². The normalized spacial score (nSPS) is 25.7. The summed E-state index contributed by atoms with van der Waals surface area (Å²) in [5.74, 6) is -6.95. The number of likely N-dealkylation sites (tertiary alicyclic amines) is 1. The van der Waals surface area contributed by atoms with E-state index in [-0.39, 0.29) is 44.1 Å². The molecule has 4 aromatic rings. The predicted molar refractivity (Wildman–Crippen MR) is 194 cm³/mol. The number of carbonyl (C=O) groups is 1. The highest BCUT2D eigenvalue weighted by molar-refractivity contribution is 7.23. The van der Waals surface area contributed by atoms with E-state index >= 15 is 30.7 Å². The highest BCUT2D eigenvalue weighted by atomic mass is 32.1. The van der Waals surface area contributed by atoms with Crippen LogP contribution in [-0.4, -0.2) is 88.2 Å². The van der Waals surface area contributed by atoms with Crippen LogP contribution in [0, 0.1) is 23.1 Å². The van der Waals surface area contributed by atoms with Crippen molar-refractivity contribution in [3.8, 4) is 23.2 Å². The zero-order chi connectivity index (χ0) is 41.9. The van der Waals surface area contributed by atoms with E-state index in [1.807, 2.05) is 4.90 Å². The Kier molecular flexibility index (Phi) is 9.49. The fourth-order valence-electron chi connectivity index (χ4n) is 9.32. The largest absolute Gasteiger partial charge is 0.461 e. The monoisotopic (exact) mass is 843 g/mol. The van der Waals surface area contributed by atoms with Gasteiger partial charge in [0.2, 0.25) is 5.91 Å². The van der Waals surface area contributed by atoms with Crippen molar-refractivity contribution < 1.29 is 53.4 Å². The zero-order valence-corrected chi connectivity index (χ0v) is 31.7. The Bertz CT molecular complexity index is 2380. The molecular weight excluding hydrogens is 809 g/mol. The third-order valence-corrected chi connectivity index (χ3v) is 13.1. The number of likely N-dealkylation sites (N-methyl/N-ethyl adjacent to an activating group) is 1. The first-order valence-corrected chi connectivity index (χ1v) is 19.4. The molecule has 2 aromatic heterocycles. The lowest BCUT2D eigenvalue weighted by molar-refractivity contribution is -0.141. The topological polar surface area (TPSA) is 112 Å². The lowest BCUT2D eigenvalue weighted by Crippen LogP contribution is -2.46. The molecule has 5 atom stereocenters. The minimum absolute atomic E-state index is 0.0137. The Labute approximate surface area is 328 Å². The average molecular weight is 844 g/mol. The molecule has 5 heterocycles. The summed E-state index contributed by atoms with van der Waals surface area (Å²) in [6.07, 6.45) is -11.5. The highest BCUT2D eigenvalue weighted by Crippen LogP contribution is 2.53. The van der Waals surface area contributed by atoms with Gasteiger partial charge in [-0.1, -0.05) is 6.07 Å². The SMILES string of the molecule is CCN(c1nc(OC[C@@]23CCCN2C[C@H](F)C3)nc2c(C(F)(F)F)c(-c3ccc(F)c4sc(N)c(C#N)c34)c(C(F)(F)F)cc12)[C@H]1CCN(C(=O)C2CC2(F)F)[C@@H]1C. The van der Waals surface area contributed by atoms with Gasteiger partial charge in [0.05, 0.1) is 38.5 Å². The van der Waals surface area contributed by atoms with Crippen molar-refractivity contribution in [3.05, 3.63) is 40.7 Å². The van der Waals surface area contributed by atoms with Gasteiger partial charge in [-0.3, -0.25) is 9.69 Å². The van der Waals surface area contributed by atoms with E-state index in [2.05, 4.69) is 9.97 Å². The molecule has 4 aliphatic rings. The van der Waals surface area contributed by atoms with Gasteiger partial charge < -0.3 is 20.3 Å². The van der Waals surface area contributed by atoms with Crippen LogP contribution in [0.5, 0.6) is 6.01 Å². The Morgan fingerprint density at radius 2 is 1.86 bits per heavy atom. The number of hydrogen-bond donors (Lipinski definition) is 1. The van der Waals surface area contributed by atoms with Crippen molar-refractivity contribution in [2.24, 2.45) is 5.92 Å². The molecule has 0 spiro atoms. The standard InChI is InChI=1S/C38H35F10N7O2S/c1-3-54(25-7-10-55(17(25)2)33(56)23-13-36(23,41)42)32-20-11-22(37(43,44)45)27(19-5-6-24(40)30-26(19)21(14-49)31(50)58-30)28(38(46,47)48)29(20)51-34(52-32)57-16-35-8-4-9-53(35)15-18(39)12-35/h5-6,11,17-18,23,25H,3-4,7-10,12-13,15-16,50H2,1-2H3/t17-,18-,23?,25+,35+/m1/s1. The number of fused-ring (bicyclic) bond motifs is 3. The Balaban J connectivity index is 1.38. The molecule has 1 aliphatic carbocycles. The number of nitriles is 1. The Morgan fingerprint density at radius 3 is 2.50 bits per heavy atom. The first kappa shape index (κ1) is 40.2. The van der Waals surface area contributed by atoms with Gasteiger partial charge in [-0.15, -0.1) is 11.3 Å². The number of alkyl halides is 9. The summed E-state index contributed by atoms with van der Waals surface area (Å²) in [5, 5.41) is 8.34. The van der Waals surface area contributed by atoms with Gasteiger partial charge in [-0.2, -0.15) is 41.6 Å². The number of ether oxygens (including phenoxy) is 1. The number of nitrogens with zero attached hydrogens (tertiary/aromatic N) is 6. The summed E-state index contributed by atoms with van der Waals surface area (Å²) in [5.41, 5.74) is -2.31. The minimum Gasteiger partial charge on any atom is -0.461 e. The summed E-state index contributed by atoms with van der Waals surface area (Å²) in [4.78, 5) is 26.2. The van der Waals surface area contributed by atoms with Gasteiger partial charge in [0.1, 0.15) is 41.4 Å². The smallest absolute Gasteiger partial charge is 0.419 e. The Hall–Kier alpha value is -4.64. The number of nitrogens with two attached hydrogens (primary N) is 1. The summed E-state index contributed by atoms with van der Waals surface area (Å²) >= 11 is 0.494. The number of halogens is 10. The Morgan fingerprint density at radius 1 is 1.14 bits per heavy atom. The van der Waals surface area contributed by atoms with Gasteiger partial charge >= 0.3 is 18.4 Å². The van der Waals surface area contributed by atoms with Crippen LogP contribution in [0.4, 0.5) is 54.7 Å². The summed E-state index contributed by atoms with van der Waals surface area (Å²) in [6.45, 7) is 3.44.